The van der Waals surface area contributed by atoms with Crippen LogP contribution in [0.4, 0.5) is 5.69 Å². The fourth-order valence-corrected chi connectivity index (χ4v) is 3.57. The Hall–Kier alpha value is -2.71. The van der Waals surface area contributed by atoms with Gasteiger partial charge in [-0.1, -0.05) is 30.3 Å². The van der Waals surface area contributed by atoms with Crippen LogP contribution in [0.25, 0.3) is 0 Å². The third-order valence-corrected chi connectivity index (χ3v) is 5.33. The van der Waals surface area contributed by atoms with Gasteiger partial charge in [-0.3, -0.25) is 9.59 Å². The van der Waals surface area contributed by atoms with Crippen molar-refractivity contribution >= 4 is 27.6 Å². The number of amides is 1. The monoisotopic (exact) mass is 374 g/mol. The Labute approximate surface area is 151 Å². The van der Waals surface area contributed by atoms with E-state index in [1.807, 2.05) is 30.3 Å². The zero-order valence-electron chi connectivity index (χ0n) is 13.9. The molecule has 0 atom stereocenters. The highest BCUT2D eigenvalue weighted by atomic mass is 32.2. The first-order valence-electron chi connectivity index (χ1n) is 8.06. The molecule has 0 spiro atoms. The third-order valence-electron chi connectivity index (χ3n) is 3.93. The minimum Gasteiger partial charge on any atom is -0.460 e. The lowest BCUT2D eigenvalue weighted by Gasteiger charge is -2.17. The first-order valence-corrected chi connectivity index (χ1v) is 9.54. The molecule has 0 aromatic heterocycles. The molecule has 2 aromatic rings. The summed E-state index contributed by atoms with van der Waals surface area (Å²) < 4.78 is 32.0. The smallest absolute Gasteiger partial charge is 0.321 e. The number of sulfonamides is 1. The van der Waals surface area contributed by atoms with Gasteiger partial charge >= 0.3 is 5.97 Å². The summed E-state index contributed by atoms with van der Waals surface area (Å²) in [5, 5.41) is 2.69. The van der Waals surface area contributed by atoms with Crippen LogP contribution in [-0.4, -0.2) is 26.8 Å². The van der Waals surface area contributed by atoms with Gasteiger partial charge in [-0.15, -0.1) is 0 Å². The number of hydrogen-bond acceptors (Lipinski definition) is 5. The Bertz CT molecular complexity index is 926. The number of benzene rings is 2. The van der Waals surface area contributed by atoms with Gasteiger partial charge in [0, 0.05) is 12.1 Å². The van der Waals surface area contributed by atoms with E-state index in [1.54, 1.807) is 6.07 Å². The molecule has 0 aliphatic carbocycles. The number of nitrogens with one attached hydrogen (secondary N) is 2. The summed E-state index contributed by atoms with van der Waals surface area (Å²) in [6.07, 6.45) is 0.791. The molecular weight excluding hydrogens is 356 g/mol. The zero-order valence-corrected chi connectivity index (χ0v) is 14.7. The number of anilines is 1. The van der Waals surface area contributed by atoms with E-state index in [0.29, 0.717) is 18.5 Å². The van der Waals surface area contributed by atoms with Gasteiger partial charge in [-0.2, -0.15) is 4.72 Å². The number of rotatable bonds is 6. The fraction of sp³-hybridized carbons (Fsp3) is 0.222. The van der Waals surface area contributed by atoms with Crippen molar-refractivity contribution in [3.05, 3.63) is 59.7 Å². The maximum atomic E-state index is 12.4. The molecule has 7 nitrogen and oxygen atoms in total. The van der Waals surface area contributed by atoms with Crippen molar-refractivity contribution in [1.29, 1.82) is 0 Å². The maximum absolute atomic E-state index is 12.4. The Kier molecular flexibility index (Phi) is 5.34. The summed E-state index contributed by atoms with van der Waals surface area (Å²) in [4.78, 5) is 23.2. The van der Waals surface area contributed by atoms with E-state index in [-0.39, 0.29) is 17.4 Å². The number of fused-ring (bicyclic) bond motifs is 1. The lowest BCUT2D eigenvalue weighted by Crippen LogP contribution is -2.31. The molecule has 2 N–H and O–H groups in total. The molecule has 1 aliphatic heterocycles. The van der Waals surface area contributed by atoms with Crippen molar-refractivity contribution in [2.24, 2.45) is 0 Å². The Balaban J connectivity index is 1.58. The molecule has 1 aliphatic rings. The maximum Gasteiger partial charge on any atom is 0.321 e. The lowest BCUT2D eigenvalue weighted by molar-refractivity contribution is -0.143. The van der Waals surface area contributed by atoms with Gasteiger partial charge in [0.2, 0.25) is 15.9 Å². The number of aryl methyl sites for hydroxylation is 1. The molecular formula is C18H18N2O5S. The molecule has 3 rings (SSSR count). The zero-order chi connectivity index (χ0) is 18.6. The van der Waals surface area contributed by atoms with Crippen LogP contribution >= 0.6 is 0 Å². The highest BCUT2D eigenvalue weighted by Gasteiger charge is 2.20. The van der Waals surface area contributed by atoms with Crippen LogP contribution in [0.5, 0.6) is 0 Å². The molecule has 2 aromatic carbocycles. The van der Waals surface area contributed by atoms with Crippen molar-refractivity contribution in [2.45, 2.75) is 24.3 Å². The normalized spacial score (nSPS) is 13.6. The summed E-state index contributed by atoms with van der Waals surface area (Å²) in [6.45, 7) is -0.372. The highest BCUT2D eigenvalue weighted by molar-refractivity contribution is 7.89. The number of carbonyl (C=O) groups is 2. The minimum atomic E-state index is -3.85. The van der Waals surface area contributed by atoms with Crippen molar-refractivity contribution < 1.29 is 22.7 Å². The van der Waals surface area contributed by atoms with Crippen molar-refractivity contribution in [3.63, 3.8) is 0 Å². The van der Waals surface area contributed by atoms with Crippen LogP contribution < -0.4 is 10.0 Å². The average Bonchev–Trinajstić information content (AvgIpc) is 2.65. The first-order chi connectivity index (χ1) is 12.4. The first kappa shape index (κ1) is 18.1. The Morgan fingerprint density at radius 2 is 1.88 bits per heavy atom. The molecule has 0 bridgehead atoms. The van der Waals surface area contributed by atoms with E-state index in [9.17, 15) is 18.0 Å². The molecule has 0 fully saturated rings. The van der Waals surface area contributed by atoms with Gasteiger partial charge in [0.25, 0.3) is 0 Å². The van der Waals surface area contributed by atoms with Crippen LogP contribution in [0.3, 0.4) is 0 Å². The standard InChI is InChI=1S/C18H18N2O5S/c21-17-9-6-14-10-15(7-8-16(14)20-17)26(23,24)19-11-18(22)25-12-13-4-2-1-3-5-13/h1-5,7-8,10,19H,6,9,11-12H2,(H,20,21). The lowest BCUT2D eigenvalue weighted by atomic mass is 10.0. The number of ether oxygens (including phenoxy) is 1. The predicted octanol–water partition coefficient (Wildman–Crippen LogP) is 1.59. The van der Waals surface area contributed by atoms with Gasteiger partial charge in [-0.05, 0) is 35.7 Å². The van der Waals surface area contributed by atoms with Crippen molar-refractivity contribution in [1.82, 2.24) is 4.72 Å². The summed E-state index contributed by atoms with van der Waals surface area (Å²) in [5.41, 5.74) is 2.18. The Morgan fingerprint density at radius 1 is 1.12 bits per heavy atom. The number of hydrogen-bond donors (Lipinski definition) is 2. The van der Waals surface area contributed by atoms with Gasteiger partial charge in [0.15, 0.2) is 0 Å². The predicted molar refractivity (Wildman–Crippen MR) is 94.8 cm³/mol. The molecule has 1 amide bonds. The summed E-state index contributed by atoms with van der Waals surface area (Å²) >= 11 is 0. The summed E-state index contributed by atoms with van der Waals surface area (Å²) in [6, 6.07) is 13.6. The Morgan fingerprint density at radius 3 is 2.65 bits per heavy atom. The van der Waals surface area contributed by atoms with Gasteiger partial charge in [0.05, 0.1) is 4.90 Å². The number of esters is 1. The van der Waals surface area contributed by atoms with Crippen molar-refractivity contribution in [2.75, 3.05) is 11.9 Å². The van der Waals surface area contributed by atoms with Crippen LogP contribution in [0.15, 0.2) is 53.4 Å². The third kappa shape index (κ3) is 4.47. The quantitative estimate of drug-likeness (QED) is 0.748. The van der Waals surface area contributed by atoms with E-state index in [4.69, 9.17) is 4.74 Å². The summed E-state index contributed by atoms with van der Waals surface area (Å²) in [5.74, 6) is -0.755. The second-order valence-corrected chi connectivity index (χ2v) is 7.60. The van der Waals surface area contributed by atoms with Gasteiger partial charge in [-0.25, -0.2) is 8.42 Å². The van der Waals surface area contributed by atoms with Crippen molar-refractivity contribution in [3.8, 4) is 0 Å². The SMILES string of the molecule is O=C1CCc2cc(S(=O)(=O)NCC(=O)OCc3ccccc3)ccc2N1. The molecule has 1 heterocycles. The molecule has 136 valence electrons. The van der Waals surface area contributed by atoms with E-state index in [2.05, 4.69) is 10.0 Å². The van der Waals surface area contributed by atoms with E-state index in [1.165, 1.54) is 12.1 Å². The molecule has 0 unspecified atom stereocenters. The minimum absolute atomic E-state index is 0.0447. The summed E-state index contributed by atoms with van der Waals surface area (Å²) in [7, 11) is -3.85. The van der Waals surface area contributed by atoms with Crippen LogP contribution in [0.2, 0.25) is 0 Å². The highest BCUT2D eigenvalue weighted by Crippen LogP contribution is 2.25. The fourth-order valence-electron chi connectivity index (χ4n) is 2.55. The van der Waals surface area contributed by atoms with Crippen LogP contribution in [-0.2, 0) is 37.4 Å². The van der Waals surface area contributed by atoms with Crippen LogP contribution in [0.1, 0.15) is 17.5 Å². The van der Waals surface area contributed by atoms with Gasteiger partial charge in [0.1, 0.15) is 13.2 Å². The van der Waals surface area contributed by atoms with E-state index >= 15 is 0 Å². The average molecular weight is 374 g/mol. The molecule has 0 radical (unpaired) electrons. The van der Waals surface area contributed by atoms with E-state index in [0.717, 1.165) is 11.1 Å². The van der Waals surface area contributed by atoms with Gasteiger partial charge < -0.3 is 10.1 Å². The second-order valence-electron chi connectivity index (χ2n) is 5.84. The molecule has 0 saturated heterocycles. The van der Waals surface area contributed by atoms with Crippen LogP contribution in [0, 0.1) is 0 Å². The largest absolute Gasteiger partial charge is 0.460 e. The molecule has 0 saturated carbocycles. The molecule has 26 heavy (non-hydrogen) atoms. The number of carbonyl (C=O) groups excluding carboxylic acids is 2. The molecule has 8 heteroatoms. The topological polar surface area (TPSA) is 102 Å². The second kappa shape index (κ2) is 7.67. The van der Waals surface area contributed by atoms with E-state index < -0.39 is 22.5 Å².